The summed E-state index contributed by atoms with van der Waals surface area (Å²) in [5, 5.41) is 12.4. The summed E-state index contributed by atoms with van der Waals surface area (Å²) in [6.07, 6.45) is 0. The van der Waals surface area contributed by atoms with Gasteiger partial charge in [-0.2, -0.15) is 4.80 Å². The molecule has 0 radical (unpaired) electrons. The van der Waals surface area contributed by atoms with E-state index < -0.39 is 0 Å². The maximum Gasteiger partial charge on any atom is 0.212 e. The van der Waals surface area contributed by atoms with Gasteiger partial charge in [0.15, 0.2) is 6.61 Å². The number of halogens is 1. The van der Waals surface area contributed by atoms with Gasteiger partial charge < -0.3 is 9.47 Å². The number of hydrogen-bond donors (Lipinski definition) is 0. The van der Waals surface area contributed by atoms with E-state index in [2.05, 4.69) is 31.3 Å². The number of benzene rings is 1. The van der Waals surface area contributed by atoms with Crippen LogP contribution in [0.3, 0.4) is 0 Å². The Kier molecular flexibility index (Phi) is 4.14. The number of rotatable bonds is 5. The third-order valence-electron chi connectivity index (χ3n) is 2.32. The number of alkyl halides is 1. The molecule has 2 aromatic rings. The maximum absolute atomic E-state index is 5.68. The minimum atomic E-state index is 0.279. The van der Waals surface area contributed by atoms with Gasteiger partial charge >= 0.3 is 0 Å². The molecule has 0 atom stereocenters. The van der Waals surface area contributed by atoms with E-state index in [0.29, 0.717) is 11.2 Å². The predicted octanol–water partition coefficient (Wildman–Crippen LogP) is 1.69. The van der Waals surface area contributed by atoms with E-state index in [0.717, 1.165) is 17.1 Å². The molecule has 0 fully saturated rings. The number of nitrogens with zero attached hydrogens (tertiary/aromatic N) is 4. The lowest BCUT2D eigenvalue weighted by Gasteiger charge is -2.10. The lowest BCUT2D eigenvalue weighted by atomic mass is 10.2. The Bertz CT molecular complexity index is 530. The Morgan fingerprint density at radius 3 is 2.83 bits per heavy atom. The first-order valence-corrected chi connectivity index (χ1v) is 6.43. The second-order valence-corrected chi connectivity index (χ2v) is 4.15. The number of aryl methyl sites for hydroxylation is 1. The van der Waals surface area contributed by atoms with Crippen molar-refractivity contribution in [2.75, 3.05) is 7.11 Å². The summed E-state index contributed by atoms with van der Waals surface area (Å²) < 4.78 is 10.8. The molecule has 2 rings (SSSR count). The smallest absolute Gasteiger partial charge is 0.212 e. The van der Waals surface area contributed by atoms with Gasteiger partial charge in [-0.3, -0.25) is 0 Å². The van der Waals surface area contributed by atoms with Crippen LogP contribution in [-0.4, -0.2) is 27.3 Å². The zero-order valence-corrected chi connectivity index (χ0v) is 11.7. The average molecular weight is 313 g/mol. The van der Waals surface area contributed by atoms with Crippen molar-refractivity contribution in [1.29, 1.82) is 0 Å². The van der Waals surface area contributed by atoms with Crippen molar-refractivity contribution in [3.05, 3.63) is 29.6 Å². The van der Waals surface area contributed by atoms with Crippen molar-refractivity contribution in [3.8, 4) is 11.5 Å². The third-order valence-corrected chi connectivity index (χ3v) is 2.93. The summed E-state index contributed by atoms with van der Waals surface area (Å²) in [6, 6.07) is 5.68. The first kappa shape index (κ1) is 12.8. The molecule has 0 N–H and O–H groups in total. The lowest BCUT2D eigenvalue weighted by molar-refractivity contribution is 0.291. The van der Waals surface area contributed by atoms with Gasteiger partial charge in [0.25, 0.3) is 0 Å². The molecule has 0 aliphatic carbocycles. The monoisotopic (exact) mass is 312 g/mol. The van der Waals surface area contributed by atoms with Crippen LogP contribution < -0.4 is 9.47 Å². The summed E-state index contributed by atoms with van der Waals surface area (Å²) in [6.45, 7) is 0.279. The van der Waals surface area contributed by atoms with Crippen LogP contribution in [0.25, 0.3) is 0 Å². The number of tetrazole rings is 1. The van der Waals surface area contributed by atoms with Gasteiger partial charge in [0.2, 0.25) is 5.82 Å². The molecular formula is C11H13BrN4O2. The maximum atomic E-state index is 5.68. The molecule has 0 bridgehead atoms. The second kappa shape index (κ2) is 5.81. The van der Waals surface area contributed by atoms with Gasteiger partial charge in [0.1, 0.15) is 11.5 Å². The molecule has 1 aromatic carbocycles. The first-order valence-electron chi connectivity index (χ1n) is 5.31. The normalized spacial score (nSPS) is 10.4. The number of ether oxygens (including phenoxy) is 2. The molecule has 7 heteroatoms. The topological polar surface area (TPSA) is 62.1 Å². The zero-order chi connectivity index (χ0) is 13.0. The number of hydrogen-bond acceptors (Lipinski definition) is 5. The molecule has 0 saturated carbocycles. The van der Waals surface area contributed by atoms with E-state index >= 15 is 0 Å². The van der Waals surface area contributed by atoms with Gasteiger partial charge in [0.05, 0.1) is 14.2 Å². The highest BCUT2D eigenvalue weighted by Gasteiger charge is 2.07. The molecule has 1 heterocycles. The molecule has 0 unspecified atom stereocenters. The SMILES string of the molecule is COc1ccc(CBr)c(OCc2nnn(C)n2)c1. The van der Waals surface area contributed by atoms with Crippen molar-refractivity contribution < 1.29 is 9.47 Å². The van der Waals surface area contributed by atoms with Crippen LogP contribution >= 0.6 is 15.9 Å². The van der Waals surface area contributed by atoms with Crippen LogP contribution in [0.4, 0.5) is 0 Å². The van der Waals surface area contributed by atoms with Crippen molar-refractivity contribution in [1.82, 2.24) is 20.2 Å². The van der Waals surface area contributed by atoms with Crippen LogP contribution in [-0.2, 0) is 19.0 Å². The van der Waals surface area contributed by atoms with E-state index in [-0.39, 0.29) is 6.61 Å². The van der Waals surface area contributed by atoms with E-state index in [1.54, 1.807) is 14.2 Å². The summed E-state index contributed by atoms with van der Waals surface area (Å²) >= 11 is 3.42. The molecule has 0 spiro atoms. The van der Waals surface area contributed by atoms with Crippen molar-refractivity contribution in [3.63, 3.8) is 0 Å². The molecule has 0 aliphatic rings. The van der Waals surface area contributed by atoms with Crippen molar-refractivity contribution >= 4 is 15.9 Å². The molecule has 18 heavy (non-hydrogen) atoms. The summed E-state index contributed by atoms with van der Waals surface area (Å²) in [5.74, 6) is 2.04. The highest BCUT2D eigenvalue weighted by molar-refractivity contribution is 9.08. The molecule has 6 nitrogen and oxygen atoms in total. The van der Waals surface area contributed by atoms with E-state index in [4.69, 9.17) is 9.47 Å². The van der Waals surface area contributed by atoms with Gasteiger partial charge in [-0.25, -0.2) is 0 Å². The van der Waals surface area contributed by atoms with E-state index in [9.17, 15) is 0 Å². The van der Waals surface area contributed by atoms with Crippen LogP contribution in [0.1, 0.15) is 11.4 Å². The predicted molar refractivity (Wildman–Crippen MR) is 68.8 cm³/mol. The molecule has 0 amide bonds. The number of methoxy groups -OCH3 is 1. The minimum Gasteiger partial charge on any atom is -0.497 e. The average Bonchev–Trinajstić information content (AvgIpc) is 2.81. The molecule has 0 aliphatic heterocycles. The van der Waals surface area contributed by atoms with Gasteiger partial charge in [-0.05, 0) is 11.3 Å². The standard InChI is InChI=1S/C11H13BrN4O2/c1-16-14-11(13-15-16)7-18-10-5-9(17-2)4-3-8(10)6-12/h3-5H,6-7H2,1-2H3. The number of aromatic nitrogens is 4. The Labute approximate surface area is 113 Å². The fraction of sp³-hybridized carbons (Fsp3) is 0.364. The van der Waals surface area contributed by atoms with Crippen molar-refractivity contribution in [2.45, 2.75) is 11.9 Å². The zero-order valence-electron chi connectivity index (χ0n) is 10.1. The first-order chi connectivity index (χ1) is 8.72. The second-order valence-electron chi connectivity index (χ2n) is 3.59. The summed E-state index contributed by atoms with van der Waals surface area (Å²) in [5.41, 5.74) is 1.04. The fourth-order valence-corrected chi connectivity index (χ4v) is 1.89. The minimum absolute atomic E-state index is 0.279. The largest absolute Gasteiger partial charge is 0.497 e. The van der Waals surface area contributed by atoms with E-state index in [1.807, 2.05) is 18.2 Å². The lowest BCUT2D eigenvalue weighted by Crippen LogP contribution is -2.01. The van der Waals surface area contributed by atoms with Gasteiger partial charge in [-0.15, -0.1) is 10.2 Å². The van der Waals surface area contributed by atoms with Crippen LogP contribution in [0, 0.1) is 0 Å². The van der Waals surface area contributed by atoms with Crippen molar-refractivity contribution in [2.24, 2.45) is 7.05 Å². The third kappa shape index (κ3) is 2.98. The Balaban J connectivity index is 2.11. The van der Waals surface area contributed by atoms with Gasteiger partial charge in [-0.1, -0.05) is 22.0 Å². The van der Waals surface area contributed by atoms with Crippen LogP contribution in [0.15, 0.2) is 18.2 Å². The van der Waals surface area contributed by atoms with E-state index in [1.165, 1.54) is 4.80 Å². The highest BCUT2D eigenvalue weighted by Crippen LogP contribution is 2.27. The van der Waals surface area contributed by atoms with Crippen LogP contribution in [0.2, 0.25) is 0 Å². The fourth-order valence-electron chi connectivity index (χ4n) is 1.43. The summed E-state index contributed by atoms with van der Waals surface area (Å²) in [4.78, 5) is 1.40. The molecule has 0 saturated heterocycles. The Morgan fingerprint density at radius 1 is 1.39 bits per heavy atom. The Hall–Kier alpha value is -1.63. The molecular weight excluding hydrogens is 300 g/mol. The summed E-state index contributed by atoms with van der Waals surface area (Å²) in [7, 11) is 3.34. The van der Waals surface area contributed by atoms with Crippen LogP contribution in [0.5, 0.6) is 11.5 Å². The van der Waals surface area contributed by atoms with Gasteiger partial charge in [0, 0.05) is 17.0 Å². The Morgan fingerprint density at radius 2 is 2.22 bits per heavy atom. The quantitative estimate of drug-likeness (QED) is 0.786. The molecule has 96 valence electrons. The highest BCUT2D eigenvalue weighted by atomic mass is 79.9. The molecule has 1 aromatic heterocycles.